The average molecular weight is 504 g/mol. The standard InChI is InChI=1S/C33H29NO4/c1-21(35)24-13-7-8-14-25(24)30(22-11-5-4-6-12-22)34-28-16-10-9-15-26(28)33(31(34)37)20-32(2,3)38-29-19-23(36)17-18-27(29)33/h4-19,30,36H,20H2,1-3H3. The fraction of sp³-hybridized carbons (Fsp3) is 0.212. The van der Waals surface area contributed by atoms with Crippen LogP contribution in [0, 0.1) is 0 Å². The molecule has 2 aliphatic heterocycles. The molecule has 2 aliphatic rings. The number of fused-ring (bicyclic) bond motifs is 4. The zero-order chi connectivity index (χ0) is 26.7. The highest BCUT2D eigenvalue weighted by Gasteiger charge is 2.59. The summed E-state index contributed by atoms with van der Waals surface area (Å²) in [4.78, 5) is 29.7. The summed E-state index contributed by atoms with van der Waals surface area (Å²) in [6.07, 6.45) is 0.431. The van der Waals surface area contributed by atoms with E-state index in [4.69, 9.17) is 4.74 Å². The van der Waals surface area contributed by atoms with E-state index in [0.717, 1.165) is 27.9 Å². The minimum atomic E-state index is -1.01. The number of carbonyl (C=O) groups is 2. The molecule has 0 saturated carbocycles. The van der Waals surface area contributed by atoms with E-state index in [1.165, 1.54) is 0 Å². The molecule has 4 aromatic carbocycles. The first-order valence-corrected chi connectivity index (χ1v) is 12.8. The van der Waals surface area contributed by atoms with Crippen LogP contribution in [0.25, 0.3) is 0 Å². The molecule has 0 bridgehead atoms. The largest absolute Gasteiger partial charge is 0.508 e. The maximum absolute atomic E-state index is 15.1. The van der Waals surface area contributed by atoms with Gasteiger partial charge in [0.15, 0.2) is 5.78 Å². The van der Waals surface area contributed by atoms with Crippen LogP contribution in [0.15, 0.2) is 97.1 Å². The van der Waals surface area contributed by atoms with Gasteiger partial charge in [0.1, 0.15) is 22.5 Å². The van der Waals surface area contributed by atoms with Gasteiger partial charge in [0.25, 0.3) is 0 Å². The van der Waals surface area contributed by atoms with Gasteiger partial charge in [0.05, 0.1) is 6.04 Å². The number of amides is 1. The number of aromatic hydroxyl groups is 1. The van der Waals surface area contributed by atoms with Crippen LogP contribution in [0.1, 0.15) is 65.8 Å². The van der Waals surface area contributed by atoms with Gasteiger partial charge < -0.3 is 9.84 Å². The van der Waals surface area contributed by atoms with Gasteiger partial charge >= 0.3 is 0 Å². The first-order valence-electron chi connectivity index (χ1n) is 12.8. The van der Waals surface area contributed by atoms with Crippen molar-refractivity contribution in [3.63, 3.8) is 0 Å². The Bertz CT molecular complexity index is 1580. The number of ether oxygens (including phenoxy) is 1. The van der Waals surface area contributed by atoms with E-state index in [1.807, 2.05) is 97.6 Å². The minimum absolute atomic E-state index is 0.0517. The normalized spacial score (nSPS) is 20.0. The quantitative estimate of drug-likeness (QED) is 0.320. The Morgan fingerprint density at radius 1 is 0.895 bits per heavy atom. The Hall–Kier alpha value is -4.38. The van der Waals surface area contributed by atoms with E-state index in [-0.39, 0.29) is 17.4 Å². The van der Waals surface area contributed by atoms with Crippen LogP contribution in [-0.4, -0.2) is 22.4 Å². The summed E-state index contributed by atoms with van der Waals surface area (Å²) >= 11 is 0. The number of anilines is 1. The number of hydrogen-bond donors (Lipinski definition) is 1. The van der Waals surface area contributed by atoms with Crippen molar-refractivity contribution in [3.05, 3.63) is 125 Å². The summed E-state index contributed by atoms with van der Waals surface area (Å²) < 4.78 is 6.29. The van der Waals surface area contributed by atoms with E-state index < -0.39 is 17.1 Å². The Morgan fingerprint density at radius 2 is 1.58 bits per heavy atom. The topological polar surface area (TPSA) is 66.8 Å². The van der Waals surface area contributed by atoms with E-state index in [1.54, 1.807) is 25.1 Å². The second kappa shape index (κ2) is 8.59. The molecule has 1 spiro atoms. The molecule has 0 saturated heterocycles. The summed E-state index contributed by atoms with van der Waals surface area (Å²) in [7, 11) is 0. The van der Waals surface area contributed by atoms with Crippen LogP contribution in [0.3, 0.4) is 0 Å². The van der Waals surface area contributed by atoms with Crippen molar-refractivity contribution < 1.29 is 19.4 Å². The van der Waals surface area contributed by atoms with Crippen LogP contribution in [0.2, 0.25) is 0 Å². The molecule has 5 heteroatoms. The van der Waals surface area contributed by atoms with Crippen molar-refractivity contribution in [2.75, 3.05) is 4.90 Å². The van der Waals surface area contributed by atoms with E-state index in [2.05, 4.69) is 0 Å². The molecular formula is C33H29NO4. The van der Waals surface area contributed by atoms with Crippen LogP contribution >= 0.6 is 0 Å². The molecule has 5 nitrogen and oxygen atoms in total. The molecule has 1 amide bonds. The number of carbonyl (C=O) groups excluding carboxylic acids is 2. The number of para-hydroxylation sites is 1. The molecule has 2 heterocycles. The summed E-state index contributed by atoms with van der Waals surface area (Å²) in [6.45, 7) is 5.51. The lowest BCUT2D eigenvalue weighted by Crippen LogP contribution is -2.51. The number of ketones is 1. The van der Waals surface area contributed by atoms with Gasteiger partial charge in [0, 0.05) is 29.3 Å². The number of hydrogen-bond acceptors (Lipinski definition) is 4. The minimum Gasteiger partial charge on any atom is -0.508 e. The van der Waals surface area contributed by atoms with Crippen molar-refractivity contribution in [3.8, 4) is 11.5 Å². The van der Waals surface area contributed by atoms with Gasteiger partial charge in [-0.25, -0.2) is 0 Å². The molecular weight excluding hydrogens is 474 g/mol. The third-order valence-corrected chi connectivity index (χ3v) is 7.72. The zero-order valence-corrected chi connectivity index (χ0v) is 21.6. The molecule has 4 aromatic rings. The zero-order valence-electron chi connectivity index (χ0n) is 21.6. The lowest BCUT2D eigenvalue weighted by molar-refractivity contribution is -0.124. The molecule has 0 aliphatic carbocycles. The maximum atomic E-state index is 15.1. The fourth-order valence-electron chi connectivity index (χ4n) is 6.34. The summed E-state index contributed by atoms with van der Waals surface area (Å²) in [5, 5.41) is 10.3. The van der Waals surface area contributed by atoms with Crippen LogP contribution in [-0.2, 0) is 10.2 Å². The first kappa shape index (κ1) is 24.0. The third kappa shape index (κ3) is 3.53. The summed E-state index contributed by atoms with van der Waals surface area (Å²) in [6, 6.07) is 29.8. The third-order valence-electron chi connectivity index (χ3n) is 7.72. The lowest BCUT2D eigenvalue weighted by Gasteiger charge is -2.44. The van der Waals surface area contributed by atoms with Crippen molar-refractivity contribution in [1.82, 2.24) is 0 Å². The first-order chi connectivity index (χ1) is 18.2. The van der Waals surface area contributed by atoms with E-state index >= 15 is 4.79 Å². The number of phenolic OH excluding ortho intramolecular Hbond substituents is 1. The van der Waals surface area contributed by atoms with Gasteiger partial charge in [-0.1, -0.05) is 78.9 Å². The molecule has 2 atom stereocenters. The predicted molar refractivity (Wildman–Crippen MR) is 147 cm³/mol. The molecule has 0 aromatic heterocycles. The Labute approximate surface area is 222 Å². The van der Waals surface area contributed by atoms with Gasteiger partial charge in [0.2, 0.25) is 5.91 Å². The Morgan fingerprint density at radius 3 is 2.34 bits per heavy atom. The Kier molecular flexibility index (Phi) is 5.42. The van der Waals surface area contributed by atoms with Gasteiger partial charge in [-0.15, -0.1) is 0 Å². The van der Waals surface area contributed by atoms with Crippen LogP contribution in [0.5, 0.6) is 11.5 Å². The summed E-state index contributed by atoms with van der Waals surface area (Å²) in [5.41, 5.74) is 3.04. The highest BCUT2D eigenvalue weighted by molar-refractivity contribution is 6.12. The SMILES string of the molecule is CC(=O)c1ccccc1C(c1ccccc1)N1C(=O)C2(CC(C)(C)Oc3cc(O)ccc32)c2ccccc21. The molecule has 2 unspecified atom stereocenters. The highest BCUT2D eigenvalue weighted by atomic mass is 16.5. The average Bonchev–Trinajstić information content (AvgIpc) is 3.12. The van der Waals surface area contributed by atoms with E-state index in [0.29, 0.717) is 17.7 Å². The van der Waals surface area contributed by atoms with Gasteiger partial charge in [-0.3, -0.25) is 14.5 Å². The van der Waals surface area contributed by atoms with Crippen molar-refractivity contribution in [1.29, 1.82) is 0 Å². The van der Waals surface area contributed by atoms with Gasteiger partial charge in [-0.05, 0) is 49.6 Å². The van der Waals surface area contributed by atoms with Crippen molar-refractivity contribution >= 4 is 17.4 Å². The summed E-state index contributed by atoms with van der Waals surface area (Å²) in [5.74, 6) is 0.467. The molecule has 0 radical (unpaired) electrons. The lowest BCUT2D eigenvalue weighted by atomic mass is 9.67. The highest BCUT2D eigenvalue weighted by Crippen LogP contribution is 2.58. The molecule has 0 fully saturated rings. The second-order valence-electron chi connectivity index (χ2n) is 10.8. The molecule has 6 rings (SSSR count). The molecule has 1 N–H and O–H groups in total. The smallest absolute Gasteiger partial charge is 0.243 e. The fourth-order valence-corrected chi connectivity index (χ4v) is 6.34. The number of benzene rings is 4. The Balaban J connectivity index is 1.65. The monoisotopic (exact) mass is 503 g/mol. The number of Topliss-reactive ketones (excluding diaryl/α,β-unsaturated/α-hetero) is 1. The van der Waals surface area contributed by atoms with Crippen LogP contribution in [0.4, 0.5) is 5.69 Å². The molecule has 190 valence electrons. The van der Waals surface area contributed by atoms with Crippen molar-refractivity contribution in [2.45, 2.75) is 44.2 Å². The number of nitrogens with zero attached hydrogens (tertiary/aromatic N) is 1. The van der Waals surface area contributed by atoms with Crippen LogP contribution < -0.4 is 9.64 Å². The maximum Gasteiger partial charge on any atom is 0.243 e. The number of rotatable bonds is 4. The molecule has 38 heavy (non-hydrogen) atoms. The second-order valence-corrected chi connectivity index (χ2v) is 10.8. The van der Waals surface area contributed by atoms with E-state index in [9.17, 15) is 9.90 Å². The number of phenols is 1. The van der Waals surface area contributed by atoms with Gasteiger partial charge in [-0.2, -0.15) is 0 Å². The predicted octanol–water partition coefficient (Wildman–Crippen LogP) is 6.58. The van der Waals surface area contributed by atoms with Crippen molar-refractivity contribution in [2.24, 2.45) is 0 Å².